The number of ether oxygens (including phenoxy) is 1. The second kappa shape index (κ2) is 10.5. The van der Waals surface area contributed by atoms with Crippen LogP contribution < -0.4 is 4.90 Å². The lowest BCUT2D eigenvalue weighted by atomic mass is 9.92. The summed E-state index contributed by atoms with van der Waals surface area (Å²) in [5, 5.41) is 31.1. The highest BCUT2D eigenvalue weighted by atomic mass is 16.6. The van der Waals surface area contributed by atoms with E-state index >= 15 is 0 Å². The average Bonchev–Trinajstić information content (AvgIpc) is 2.69. The Morgan fingerprint density at radius 1 is 1.37 bits per heavy atom. The van der Waals surface area contributed by atoms with E-state index in [0.29, 0.717) is 28.9 Å². The van der Waals surface area contributed by atoms with Crippen molar-refractivity contribution in [3.63, 3.8) is 0 Å². The highest BCUT2D eigenvalue weighted by Crippen LogP contribution is 2.38. The summed E-state index contributed by atoms with van der Waals surface area (Å²) in [7, 11) is 0. The van der Waals surface area contributed by atoms with Crippen molar-refractivity contribution in [2.45, 2.75) is 45.6 Å². The quantitative estimate of drug-likeness (QED) is 0.257. The number of carboxylic acids is 1. The largest absolute Gasteiger partial charge is 0.478 e. The minimum Gasteiger partial charge on any atom is -0.478 e. The number of hydrogen-bond donors (Lipinski definition) is 2. The van der Waals surface area contributed by atoms with E-state index in [1.54, 1.807) is 24.0 Å². The van der Waals surface area contributed by atoms with Gasteiger partial charge in [0.05, 0.1) is 42.4 Å². The Balaban J connectivity index is 2.57. The predicted octanol–water partition coefficient (Wildman–Crippen LogP) is 3.05. The fourth-order valence-electron chi connectivity index (χ4n) is 3.34. The van der Waals surface area contributed by atoms with Gasteiger partial charge in [-0.1, -0.05) is 13.3 Å². The molecule has 2 rings (SSSR count). The van der Waals surface area contributed by atoms with Crippen molar-refractivity contribution in [3.8, 4) is 0 Å². The molecule has 162 valence electrons. The van der Waals surface area contributed by atoms with E-state index in [0.717, 1.165) is 18.9 Å². The molecule has 1 unspecified atom stereocenters. The van der Waals surface area contributed by atoms with Crippen LogP contribution in [0.1, 0.15) is 55.9 Å². The first-order chi connectivity index (χ1) is 14.3. The summed E-state index contributed by atoms with van der Waals surface area (Å²) in [6.07, 6.45) is 3.95. The van der Waals surface area contributed by atoms with Crippen LogP contribution in [-0.4, -0.2) is 40.2 Å². The molecular formula is C21H26N2O7. The van der Waals surface area contributed by atoms with Gasteiger partial charge in [0.15, 0.2) is 0 Å². The standard InChI is InChI=1S/C21H26N2O7/c1-3-5-8-22-13-16(23(28)29)11-15-9-14(6-7-19(25)26)10-17(21(15)22)18(24)12-20(27)30-4-2/h6-7,9-10,13,18,24H,3-5,8,11-12H2,1-2H3,(H,25,26). The third-order valence-corrected chi connectivity index (χ3v) is 4.63. The molecule has 1 atom stereocenters. The van der Waals surface area contributed by atoms with Gasteiger partial charge in [-0.2, -0.15) is 0 Å². The molecule has 1 heterocycles. The summed E-state index contributed by atoms with van der Waals surface area (Å²) >= 11 is 0. The minimum atomic E-state index is -1.20. The lowest BCUT2D eigenvalue weighted by molar-refractivity contribution is -0.427. The number of aliphatic carboxylic acids is 1. The number of carbonyl (C=O) groups is 2. The SMILES string of the molecule is CCCCN1C=C([N+](=O)[O-])Cc2cc(C=CC(=O)O)cc(C(O)CC(=O)OCC)c21. The van der Waals surface area contributed by atoms with Crippen molar-refractivity contribution >= 4 is 23.7 Å². The third kappa shape index (κ3) is 5.90. The van der Waals surface area contributed by atoms with Crippen LogP contribution >= 0.6 is 0 Å². The first-order valence-electron chi connectivity index (χ1n) is 9.80. The summed E-state index contributed by atoms with van der Waals surface area (Å²) in [6.45, 7) is 4.35. The summed E-state index contributed by atoms with van der Waals surface area (Å²) in [4.78, 5) is 35.5. The van der Waals surface area contributed by atoms with Crippen molar-refractivity contribution < 1.29 is 29.5 Å². The van der Waals surface area contributed by atoms with Gasteiger partial charge in [0.25, 0.3) is 5.70 Å². The van der Waals surface area contributed by atoms with Crippen molar-refractivity contribution in [2.24, 2.45) is 0 Å². The van der Waals surface area contributed by atoms with Crippen LogP contribution in [0.3, 0.4) is 0 Å². The topological polar surface area (TPSA) is 130 Å². The van der Waals surface area contributed by atoms with Crippen LogP contribution in [0.15, 0.2) is 30.1 Å². The van der Waals surface area contributed by atoms with E-state index in [2.05, 4.69) is 0 Å². The molecule has 2 N–H and O–H groups in total. The Labute approximate surface area is 174 Å². The van der Waals surface area contributed by atoms with Crippen LogP contribution in [0, 0.1) is 10.1 Å². The molecule has 0 saturated heterocycles. The van der Waals surface area contributed by atoms with E-state index < -0.39 is 23.0 Å². The van der Waals surface area contributed by atoms with Gasteiger partial charge in [0.2, 0.25) is 0 Å². The molecule has 9 heteroatoms. The molecule has 0 amide bonds. The van der Waals surface area contributed by atoms with Gasteiger partial charge in [0, 0.05) is 18.2 Å². The lowest BCUT2D eigenvalue weighted by Gasteiger charge is -2.31. The second-order valence-electron chi connectivity index (χ2n) is 6.92. The highest BCUT2D eigenvalue weighted by molar-refractivity contribution is 5.86. The number of rotatable bonds is 10. The predicted molar refractivity (Wildman–Crippen MR) is 110 cm³/mol. The van der Waals surface area contributed by atoms with Crippen LogP contribution in [0.25, 0.3) is 6.08 Å². The van der Waals surface area contributed by atoms with Gasteiger partial charge in [-0.15, -0.1) is 0 Å². The smallest absolute Gasteiger partial charge is 0.328 e. The maximum atomic E-state index is 11.9. The number of benzene rings is 1. The second-order valence-corrected chi connectivity index (χ2v) is 6.92. The number of aliphatic hydroxyl groups excluding tert-OH is 1. The number of carboxylic acid groups (broad SMARTS) is 1. The average molecular weight is 418 g/mol. The summed E-state index contributed by atoms with van der Waals surface area (Å²) in [5.74, 6) is -1.71. The molecule has 1 aliphatic heterocycles. The Bertz CT molecular complexity index is 876. The third-order valence-electron chi connectivity index (χ3n) is 4.63. The zero-order valence-corrected chi connectivity index (χ0v) is 17.0. The molecule has 0 fully saturated rings. The molecule has 30 heavy (non-hydrogen) atoms. The molecule has 9 nitrogen and oxygen atoms in total. The normalized spacial score (nSPS) is 14.2. The molecule has 0 aliphatic carbocycles. The van der Waals surface area contributed by atoms with Gasteiger partial charge in [-0.3, -0.25) is 14.9 Å². The summed E-state index contributed by atoms with van der Waals surface area (Å²) in [6, 6.07) is 3.27. The number of hydrogen-bond acceptors (Lipinski definition) is 7. The van der Waals surface area contributed by atoms with Crippen LogP contribution in [0.5, 0.6) is 0 Å². The van der Waals surface area contributed by atoms with Crippen LogP contribution in [-0.2, 0) is 20.7 Å². The Hall–Kier alpha value is -3.20. The maximum Gasteiger partial charge on any atom is 0.328 e. The number of nitrogens with zero attached hydrogens (tertiary/aromatic N) is 2. The molecule has 0 bridgehead atoms. The Morgan fingerprint density at radius 3 is 2.70 bits per heavy atom. The number of aliphatic hydroxyl groups is 1. The zero-order chi connectivity index (χ0) is 22.3. The lowest BCUT2D eigenvalue weighted by Crippen LogP contribution is -2.27. The van der Waals surface area contributed by atoms with Crippen LogP contribution in [0.4, 0.5) is 5.69 Å². The summed E-state index contributed by atoms with van der Waals surface area (Å²) < 4.78 is 4.92. The molecule has 0 aromatic heterocycles. The molecule has 1 aliphatic rings. The van der Waals surface area contributed by atoms with Gasteiger partial charge in [-0.25, -0.2) is 4.79 Å². The molecule has 1 aromatic rings. The van der Waals surface area contributed by atoms with E-state index in [-0.39, 0.29) is 25.1 Å². The van der Waals surface area contributed by atoms with Gasteiger partial charge < -0.3 is 19.8 Å². The number of nitro groups is 1. The van der Waals surface area contributed by atoms with E-state index in [1.807, 2.05) is 6.92 Å². The van der Waals surface area contributed by atoms with Gasteiger partial charge in [0.1, 0.15) is 0 Å². The van der Waals surface area contributed by atoms with Gasteiger partial charge in [-0.05, 0) is 42.7 Å². The summed E-state index contributed by atoms with van der Waals surface area (Å²) in [5.41, 5.74) is 2.07. The highest BCUT2D eigenvalue weighted by Gasteiger charge is 2.29. The maximum absolute atomic E-state index is 11.9. The zero-order valence-electron chi connectivity index (χ0n) is 17.0. The van der Waals surface area contributed by atoms with Crippen LogP contribution in [0.2, 0.25) is 0 Å². The molecule has 0 radical (unpaired) electrons. The molecule has 1 aromatic carbocycles. The van der Waals surface area contributed by atoms with E-state index in [1.165, 1.54) is 12.3 Å². The molecule has 0 saturated carbocycles. The number of allylic oxidation sites excluding steroid dienone is 1. The van der Waals surface area contributed by atoms with Crippen molar-refractivity contribution in [2.75, 3.05) is 18.1 Å². The first kappa shape index (κ1) is 23.1. The Morgan fingerprint density at radius 2 is 2.10 bits per heavy atom. The minimum absolute atomic E-state index is 0.00352. The van der Waals surface area contributed by atoms with Crippen molar-refractivity contribution in [1.82, 2.24) is 0 Å². The number of unbranched alkanes of at least 4 members (excludes halogenated alkanes) is 1. The molecular weight excluding hydrogens is 392 g/mol. The van der Waals surface area contributed by atoms with Gasteiger partial charge >= 0.3 is 11.9 Å². The Kier molecular flexibility index (Phi) is 8.11. The first-order valence-corrected chi connectivity index (χ1v) is 9.80. The molecule has 0 spiro atoms. The number of anilines is 1. The van der Waals surface area contributed by atoms with Crippen molar-refractivity contribution in [3.05, 3.63) is 56.9 Å². The van der Waals surface area contributed by atoms with E-state index in [9.17, 15) is 24.8 Å². The number of fused-ring (bicyclic) bond motifs is 1. The number of esters is 1. The monoisotopic (exact) mass is 418 g/mol. The van der Waals surface area contributed by atoms with Crippen molar-refractivity contribution in [1.29, 1.82) is 0 Å². The van der Waals surface area contributed by atoms with E-state index in [4.69, 9.17) is 9.84 Å². The fourth-order valence-corrected chi connectivity index (χ4v) is 3.34. The number of carbonyl (C=O) groups excluding carboxylic acids is 1. The fraction of sp³-hybridized carbons (Fsp3) is 0.429.